The lowest BCUT2D eigenvalue weighted by Crippen LogP contribution is -2.26. The number of carbonyl (C=O) groups is 1. The van der Waals surface area contributed by atoms with Crippen molar-refractivity contribution >= 4 is 33.9 Å². The minimum atomic E-state index is 0.0178. The molecule has 1 fully saturated rings. The second kappa shape index (κ2) is 9.59. The van der Waals surface area contributed by atoms with Gasteiger partial charge in [0.15, 0.2) is 5.78 Å². The summed E-state index contributed by atoms with van der Waals surface area (Å²) in [6.45, 7) is 7.36. The Kier molecular flexibility index (Phi) is 6.33. The SMILES string of the molecule is CCC(=O)c1cnc2ccc(-c3cc(C)c(O)c(C)c3)cc2c1Nc1ccc(N2CCC(N)C2)nc1. The highest BCUT2D eigenvalue weighted by Gasteiger charge is 2.20. The molecular formula is C29H31N5O2. The third-order valence-electron chi connectivity index (χ3n) is 6.88. The van der Waals surface area contributed by atoms with Crippen LogP contribution in [-0.2, 0) is 0 Å². The molecular weight excluding hydrogens is 450 g/mol. The first-order valence-corrected chi connectivity index (χ1v) is 12.3. The molecule has 7 heteroatoms. The van der Waals surface area contributed by atoms with Gasteiger partial charge in [-0.1, -0.05) is 13.0 Å². The topological polar surface area (TPSA) is 104 Å². The lowest BCUT2D eigenvalue weighted by atomic mass is 9.97. The smallest absolute Gasteiger partial charge is 0.166 e. The normalized spacial score (nSPS) is 15.4. The van der Waals surface area contributed by atoms with E-state index in [9.17, 15) is 9.90 Å². The molecule has 1 unspecified atom stereocenters. The Labute approximate surface area is 211 Å². The first-order chi connectivity index (χ1) is 17.3. The highest BCUT2D eigenvalue weighted by molar-refractivity contribution is 6.09. The van der Waals surface area contributed by atoms with Crippen LogP contribution in [0, 0.1) is 13.8 Å². The number of aromatic nitrogens is 2. The van der Waals surface area contributed by atoms with Gasteiger partial charge in [0.05, 0.1) is 28.7 Å². The van der Waals surface area contributed by atoms with Gasteiger partial charge in [-0.05, 0) is 78.9 Å². The van der Waals surface area contributed by atoms with Gasteiger partial charge in [0.1, 0.15) is 11.6 Å². The molecule has 0 saturated carbocycles. The zero-order valence-corrected chi connectivity index (χ0v) is 20.9. The Bertz CT molecular complexity index is 1430. The van der Waals surface area contributed by atoms with Gasteiger partial charge in [0.25, 0.3) is 0 Å². The molecule has 2 aromatic carbocycles. The number of nitrogens with one attached hydrogen (secondary N) is 1. The number of benzene rings is 2. The summed E-state index contributed by atoms with van der Waals surface area (Å²) in [5.74, 6) is 1.23. The summed E-state index contributed by atoms with van der Waals surface area (Å²) in [5.41, 5.74) is 12.5. The van der Waals surface area contributed by atoms with Crippen molar-refractivity contribution in [3.63, 3.8) is 0 Å². The van der Waals surface area contributed by atoms with Gasteiger partial charge < -0.3 is 21.1 Å². The molecule has 4 N–H and O–H groups in total. The van der Waals surface area contributed by atoms with E-state index in [2.05, 4.69) is 26.3 Å². The van der Waals surface area contributed by atoms with Crippen LogP contribution in [0.2, 0.25) is 0 Å². The Balaban J connectivity index is 1.57. The molecule has 0 amide bonds. The van der Waals surface area contributed by atoms with Gasteiger partial charge in [-0.15, -0.1) is 0 Å². The summed E-state index contributed by atoms with van der Waals surface area (Å²) in [7, 11) is 0. The molecule has 1 atom stereocenters. The molecule has 0 bridgehead atoms. The number of fused-ring (bicyclic) bond motifs is 1. The number of Topliss-reactive ketones (excluding diaryl/α,β-unsaturated/α-hetero) is 1. The lowest BCUT2D eigenvalue weighted by molar-refractivity contribution is 0.0988. The van der Waals surface area contributed by atoms with E-state index in [0.29, 0.717) is 17.7 Å². The zero-order chi connectivity index (χ0) is 25.4. The second-order valence-electron chi connectivity index (χ2n) is 9.54. The van der Waals surface area contributed by atoms with Crippen LogP contribution in [0.1, 0.15) is 41.3 Å². The van der Waals surface area contributed by atoms with Gasteiger partial charge in [-0.3, -0.25) is 9.78 Å². The predicted molar refractivity (Wildman–Crippen MR) is 145 cm³/mol. The number of hydrogen-bond acceptors (Lipinski definition) is 7. The number of hydrogen-bond donors (Lipinski definition) is 3. The number of phenolic OH excluding ortho intramolecular Hbond substituents is 1. The third-order valence-corrected chi connectivity index (χ3v) is 6.88. The zero-order valence-electron chi connectivity index (χ0n) is 20.9. The summed E-state index contributed by atoms with van der Waals surface area (Å²) in [5, 5.41) is 14.5. The number of ketones is 1. The van der Waals surface area contributed by atoms with Crippen LogP contribution in [-0.4, -0.2) is 40.0 Å². The average Bonchev–Trinajstić information content (AvgIpc) is 3.33. The average molecular weight is 482 g/mol. The number of rotatable bonds is 6. The van der Waals surface area contributed by atoms with E-state index in [4.69, 9.17) is 5.73 Å². The fourth-order valence-electron chi connectivity index (χ4n) is 4.82. The molecule has 0 spiro atoms. The van der Waals surface area contributed by atoms with Crippen LogP contribution in [0.25, 0.3) is 22.0 Å². The Morgan fingerprint density at radius 3 is 2.50 bits per heavy atom. The molecule has 2 aromatic heterocycles. The van der Waals surface area contributed by atoms with E-state index in [-0.39, 0.29) is 11.8 Å². The molecule has 4 aromatic rings. The van der Waals surface area contributed by atoms with E-state index in [1.54, 1.807) is 12.4 Å². The molecule has 1 aliphatic rings. The van der Waals surface area contributed by atoms with Gasteiger partial charge in [-0.2, -0.15) is 0 Å². The van der Waals surface area contributed by atoms with E-state index < -0.39 is 0 Å². The van der Waals surface area contributed by atoms with E-state index >= 15 is 0 Å². The summed E-state index contributed by atoms with van der Waals surface area (Å²) >= 11 is 0. The first kappa shape index (κ1) is 23.8. The van der Waals surface area contributed by atoms with Crippen LogP contribution in [0.15, 0.2) is 54.9 Å². The van der Waals surface area contributed by atoms with E-state index in [1.807, 2.05) is 57.2 Å². The fraction of sp³-hybridized carbons (Fsp3) is 0.276. The Morgan fingerprint density at radius 2 is 1.86 bits per heavy atom. The highest BCUT2D eigenvalue weighted by atomic mass is 16.3. The molecule has 5 rings (SSSR count). The number of carbonyl (C=O) groups excluding carboxylic acids is 1. The maximum Gasteiger partial charge on any atom is 0.166 e. The number of aromatic hydroxyl groups is 1. The molecule has 0 aliphatic carbocycles. The number of nitrogens with two attached hydrogens (primary N) is 1. The number of anilines is 3. The minimum Gasteiger partial charge on any atom is -0.507 e. The number of phenols is 1. The molecule has 36 heavy (non-hydrogen) atoms. The van der Waals surface area contributed by atoms with Crippen LogP contribution in [0.3, 0.4) is 0 Å². The molecule has 3 heterocycles. The molecule has 184 valence electrons. The largest absolute Gasteiger partial charge is 0.507 e. The predicted octanol–water partition coefficient (Wildman–Crippen LogP) is 5.49. The van der Waals surface area contributed by atoms with Crippen LogP contribution >= 0.6 is 0 Å². The summed E-state index contributed by atoms with van der Waals surface area (Å²) < 4.78 is 0. The Hall–Kier alpha value is -3.97. The Morgan fingerprint density at radius 1 is 1.08 bits per heavy atom. The van der Waals surface area contributed by atoms with Gasteiger partial charge in [-0.25, -0.2) is 4.98 Å². The minimum absolute atomic E-state index is 0.0178. The lowest BCUT2D eigenvalue weighted by Gasteiger charge is -2.18. The van der Waals surface area contributed by atoms with Crippen LogP contribution < -0.4 is 16.0 Å². The van der Waals surface area contributed by atoms with Crippen molar-refractivity contribution in [3.8, 4) is 16.9 Å². The van der Waals surface area contributed by atoms with Crippen LogP contribution in [0.4, 0.5) is 17.2 Å². The van der Waals surface area contributed by atoms with Crippen molar-refractivity contribution in [2.45, 2.75) is 39.7 Å². The fourth-order valence-corrected chi connectivity index (χ4v) is 4.82. The number of aryl methyl sites for hydroxylation is 2. The van der Waals surface area contributed by atoms with Crippen LogP contribution in [0.5, 0.6) is 5.75 Å². The standard InChI is InChI=1S/C29H31N5O2/c1-4-26(35)24-15-31-25-7-5-19(20-11-17(2)29(36)18(3)12-20)13-23(25)28(24)33-22-6-8-27(32-14-22)34-10-9-21(30)16-34/h5-8,11-15,21,36H,4,9-10,16,30H2,1-3H3,(H,31,33). The highest BCUT2D eigenvalue weighted by Crippen LogP contribution is 2.35. The van der Waals surface area contributed by atoms with Crippen molar-refractivity contribution in [2.24, 2.45) is 5.73 Å². The van der Waals surface area contributed by atoms with E-state index in [0.717, 1.165) is 69.9 Å². The molecule has 7 nitrogen and oxygen atoms in total. The second-order valence-corrected chi connectivity index (χ2v) is 9.54. The quantitative estimate of drug-likeness (QED) is 0.313. The first-order valence-electron chi connectivity index (χ1n) is 12.3. The van der Waals surface area contributed by atoms with Crippen molar-refractivity contribution in [2.75, 3.05) is 23.3 Å². The molecule has 1 saturated heterocycles. The van der Waals surface area contributed by atoms with E-state index in [1.165, 1.54) is 0 Å². The maximum absolute atomic E-state index is 12.9. The van der Waals surface area contributed by atoms with Crippen molar-refractivity contribution in [3.05, 3.63) is 71.5 Å². The monoisotopic (exact) mass is 481 g/mol. The third kappa shape index (κ3) is 4.50. The van der Waals surface area contributed by atoms with Crippen molar-refractivity contribution in [1.29, 1.82) is 0 Å². The van der Waals surface area contributed by atoms with Gasteiger partial charge in [0.2, 0.25) is 0 Å². The van der Waals surface area contributed by atoms with Gasteiger partial charge >= 0.3 is 0 Å². The van der Waals surface area contributed by atoms with Crippen molar-refractivity contribution in [1.82, 2.24) is 9.97 Å². The van der Waals surface area contributed by atoms with Gasteiger partial charge in [0, 0.05) is 37.1 Å². The molecule has 1 aliphatic heterocycles. The maximum atomic E-state index is 12.9. The number of nitrogens with zero attached hydrogens (tertiary/aromatic N) is 3. The summed E-state index contributed by atoms with van der Waals surface area (Å²) in [6.07, 6.45) is 4.79. The summed E-state index contributed by atoms with van der Waals surface area (Å²) in [4.78, 5) is 24.3. The molecule has 0 radical (unpaired) electrons. The van der Waals surface area contributed by atoms with Crippen molar-refractivity contribution < 1.29 is 9.90 Å². The summed E-state index contributed by atoms with van der Waals surface area (Å²) in [6, 6.07) is 14.1. The number of pyridine rings is 2.